The summed E-state index contributed by atoms with van der Waals surface area (Å²) in [6.07, 6.45) is 1.06. The van der Waals surface area contributed by atoms with Gasteiger partial charge in [-0.25, -0.2) is 21.8 Å². The van der Waals surface area contributed by atoms with E-state index in [1.807, 2.05) is 20.8 Å². The zero-order valence-corrected chi connectivity index (χ0v) is 17.0. The zero-order chi connectivity index (χ0) is 20.0. The van der Waals surface area contributed by atoms with Gasteiger partial charge < -0.3 is 4.42 Å². The first kappa shape index (κ1) is 19.4. The van der Waals surface area contributed by atoms with E-state index < -0.39 is 19.9 Å². The lowest BCUT2D eigenvalue weighted by molar-refractivity contribution is 0.411. The van der Waals surface area contributed by atoms with Crippen molar-refractivity contribution in [1.29, 1.82) is 0 Å². The molecular weight excluding hydrogens is 388 g/mol. The topological polar surface area (TPSA) is 106 Å². The Morgan fingerprint density at radius 2 is 1.52 bits per heavy atom. The van der Waals surface area contributed by atoms with E-state index in [9.17, 15) is 16.8 Å². The normalized spacial score (nSPS) is 13.0. The van der Waals surface area contributed by atoms with E-state index in [0.29, 0.717) is 22.7 Å². The molecule has 0 spiro atoms. The van der Waals surface area contributed by atoms with Crippen LogP contribution in [0.3, 0.4) is 0 Å². The molecule has 3 rings (SSSR count). The quantitative estimate of drug-likeness (QED) is 0.710. The Balaban J connectivity index is 1.91. The first-order valence-electron chi connectivity index (χ1n) is 8.10. The molecule has 0 saturated heterocycles. The third-order valence-electron chi connectivity index (χ3n) is 3.84. The van der Waals surface area contributed by atoms with Gasteiger partial charge in [-0.2, -0.15) is 0 Å². The van der Waals surface area contributed by atoms with E-state index in [1.54, 1.807) is 18.2 Å². The second kappa shape index (κ2) is 6.35. The van der Waals surface area contributed by atoms with Crippen LogP contribution in [0.1, 0.15) is 26.7 Å². The van der Waals surface area contributed by atoms with Crippen LogP contribution in [0.25, 0.3) is 11.1 Å². The molecule has 0 amide bonds. The van der Waals surface area contributed by atoms with Crippen molar-refractivity contribution >= 4 is 36.6 Å². The molecule has 0 fully saturated rings. The number of benzene rings is 2. The maximum Gasteiger partial charge on any atom is 0.261 e. The highest BCUT2D eigenvalue weighted by Gasteiger charge is 2.21. The Hall–Kier alpha value is -2.39. The van der Waals surface area contributed by atoms with Crippen LogP contribution >= 0.6 is 0 Å². The number of nitrogens with zero attached hydrogens (tertiary/aromatic N) is 1. The zero-order valence-electron chi connectivity index (χ0n) is 15.3. The molecule has 0 radical (unpaired) electrons. The lowest BCUT2D eigenvalue weighted by atomic mass is 9.97. The van der Waals surface area contributed by atoms with Gasteiger partial charge in [0.2, 0.25) is 5.89 Å². The molecule has 27 heavy (non-hydrogen) atoms. The average Bonchev–Trinajstić information content (AvgIpc) is 2.97. The highest BCUT2D eigenvalue weighted by molar-refractivity contribution is 7.92. The van der Waals surface area contributed by atoms with E-state index >= 15 is 0 Å². The molecule has 9 heteroatoms. The largest absolute Gasteiger partial charge is 0.440 e. The van der Waals surface area contributed by atoms with Gasteiger partial charge in [-0.1, -0.05) is 20.8 Å². The van der Waals surface area contributed by atoms with Gasteiger partial charge in [0.25, 0.3) is 10.0 Å². The van der Waals surface area contributed by atoms with E-state index in [1.165, 1.54) is 24.3 Å². The van der Waals surface area contributed by atoms with Gasteiger partial charge in [-0.3, -0.25) is 4.72 Å². The number of sulfonamides is 1. The minimum absolute atomic E-state index is 0.0365. The fourth-order valence-corrected chi connectivity index (χ4v) is 4.07. The van der Waals surface area contributed by atoms with E-state index in [0.717, 1.165) is 6.26 Å². The van der Waals surface area contributed by atoms with Crippen LogP contribution in [0.2, 0.25) is 0 Å². The summed E-state index contributed by atoms with van der Waals surface area (Å²) in [5.41, 5.74) is 1.19. The fraction of sp³-hybridized carbons (Fsp3) is 0.278. The van der Waals surface area contributed by atoms with Crippen LogP contribution in [0, 0.1) is 0 Å². The summed E-state index contributed by atoms with van der Waals surface area (Å²) in [6.45, 7) is 5.92. The molecule has 0 atom stereocenters. The van der Waals surface area contributed by atoms with E-state index in [2.05, 4.69) is 9.71 Å². The Morgan fingerprint density at radius 3 is 2.07 bits per heavy atom. The number of nitrogens with one attached hydrogen (secondary N) is 1. The molecule has 0 aliphatic rings. The van der Waals surface area contributed by atoms with Crippen molar-refractivity contribution in [3.8, 4) is 0 Å². The summed E-state index contributed by atoms with van der Waals surface area (Å²) in [6, 6.07) is 9.87. The van der Waals surface area contributed by atoms with Crippen LogP contribution in [-0.2, 0) is 25.3 Å². The van der Waals surface area contributed by atoms with E-state index in [-0.39, 0.29) is 15.2 Å². The number of hydrogen-bond acceptors (Lipinski definition) is 6. The number of rotatable bonds is 4. The minimum Gasteiger partial charge on any atom is -0.440 e. The predicted octanol–water partition coefficient (Wildman–Crippen LogP) is 3.33. The standard InChI is InChI=1S/C18H20N2O5S2/c1-18(2,3)17-19-15-11-12(5-10-16(15)25-17)20-27(23,24)14-8-6-13(7-9-14)26(4,21)22/h5-11,20H,1-4H3. The molecule has 144 valence electrons. The molecule has 0 bridgehead atoms. The van der Waals surface area contributed by atoms with Gasteiger partial charge in [0.05, 0.1) is 15.5 Å². The summed E-state index contributed by atoms with van der Waals surface area (Å²) in [5, 5.41) is 0. The second-order valence-electron chi connectivity index (χ2n) is 7.30. The number of anilines is 1. The Morgan fingerprint density at radius 1 is 0.926 bits per heavy atom. The molecule has 7 nitrogen and oxygen atoms in total. The SMILES string of the molecule is CC(C)(C)c1nc2cc(NS(=O)(=O)c3ccc(S(C)(=O)=O)cc3)ccc2o1. The Bertz CT molecular complexity index is 1200. The summed E-state index contributed by atoms with van der Waals surface area (Å²) in [4.78, 5) is 4.44. The molecular formula is C18H20N2O5S2. The third kappa shape index (κ3) is 4.14. The van der Waals surface area contributed by atoms with Gasteiger partial charge in [-0.05, 0) is 42.5 Å². The summed E-state index contributed by atoms with van der Waals surface area (Å²) < 4.78 is 56.3. The lowest BCUT2D eigenvalue weighted by Gasteiger charge is -2.11. The summed E-state index contributed by atoms with van der Waals surface area (Å²) in [5.74, 6) is 0.564. The van der Waals surface area contributed by atoms with Gasteiger partial charge in [-0.15, -0.1) is 0 Å². The summed E-state index contributed by atoms with van der Waals surface area (Å²) >= 11 is 0. The minimum atomic E-state index is -3.87. The van der Waals surface area contributed by atoms with Crippen molar-refractivity contribution in [2.75, 3.05) is 11.0 Å². The van der Waals surface area contributed by atoms with Crippen molar-refractivity contribution in [3.05, 3.63) is 48.4 Å². The molecule has 2 aromatic carbocycles. The smallest absolute Gasteiger partial charge is 0.261 e. The van der Waals surface area contributed by atoms with Crippen LogP contribution < -0.4 is 4.72 Å². The molecule has 1 heterocycles. The number of fused-ring (bicyclic) bond motifs is 1. The van der Waals surface area contributed by atoms with Crippen LogP contribution in [0.4, 0.5) is 5.69 Å². The van der Waals surface area contributed by atoms with Gasteiger partial charge in [0.1, 0.15) is 5.52 Å². The van der Waals surface area contributed by atoms with Crippen LogP contribution in [-0.4, -0.2) is 28.1 Å². The van der Waals surface area contributed by atoms with Crippen molar-refractivity contribution in [2.45, 2.75) is 36.0 Å². The third-order valence-corrected chi connectivity index (χ3v) is 6.37. The van der Waals surface area contributed by atoms with Gasteiger partial charge >= 0.3 is 0 Å². The van der Waals surface area contributed by atoms with Crippen molar-refractivity contribution in [3.63, 3.8) is 0 Å². The molecule has 0 aliphatic carbocycles. The maximum absolute atomic E-state index is 12.6. The second-order valence-corrected chi connectivity index (χ2v) is 11.0. The highest BCUT2D eigenvalue weighted by atomic mass is 32.2. The predicted molar refractivity (Wildman–Crippen MR) is 103 cm³/mol. The monoisotopic (exact) mass is 408 g/mol. The molecule has 1 aromatic heterocycles. The first-order chi connectivity index (χ1) is 12.4. The Labute approximate surface area is 158 Å². The summed E-state index contributed by atoms with van der Waals surface area (Å²) in [7, 11) is -7.26. The number of oxazole rings is 1. The molecule has 1 N–H and O–H groups in total. The average molecular weight is 409 g/mol. The molecule has 0 saturated carbocycles. The van der Waals surface area contributed by atoms with E-state index in [4.69, 9.17) is 4.42 Å². The Kier molecular flexibility index (Phi) is 4.55. The van der Waals surface area contributed by atoms with Crippen molar-refractivity contribution in [2.24, 2.45) is 0 Å². The molecule has 0 unspecified atom stereocenters. The number of aromatic nitrogens is 1. The lowest BCUT2D eigenvalue weighted by Crippen LogP contribution is -2.13. The first-order valence-corrected chi connectivity index (χ1v) is 11.5. The highest BCUT2D eigenvalue weighted by Crippen LogP contribution is 2.28. The molecule has 0 aliphatic heterocycles. The van der Waals surface area contributed by atoms with Crippen LogP contribution in [0.5, 0.6) is 0 Å². The van der Waals surface area contributed by atoms with Crippen molar-refractivity contribution in [1.82, 2.24) is 4.98 Å². The van der Waals surface area contributed by atoms with Crippen molar-refractivity contribution < 1.29 is 21.3 Å². The van der Waals surface area contributed by atoms with Gasteiger partial charge in [0.15, 0.2) is 15.4 Å². The fourth-order valence-electron chi connectivity index (χ4n) is 2.39. The van der Waals surface area contributed by atoms with Gasteiger partial charge in [0, 0.05) is 11.7 Å². The van der Waals surface area contributed by atoms with Crippen LogP contribution in [0.15, 0.2) is 56.7 Å². The maximum atomic E-state index is 12.6. The number of hydrogen-bond donors (Lipinski definition) is 1. The molecule has 3 aromatic rings. The number of sulfone groups is 1.